The minimum Gasteiger partial charge on any atom is -0.508 e. The fourth-order valence-electron chi connectivity index (χ4n) is 0.856. The first-order valence-electron chi connectivity index (χ1n) is 5.75. The van der Waals surface area contributed by atoms with E-state index in [1.54, 1.807) is 54.6 Å². The van der Waals surface area contributed by atoms with E-state index in [1.807, 2.05) is 19.1 Å². The lowest BCUT2D eigenvalue weighted by Gasteiger charge is -1.82. The molecule has 2 heteroatoms. The van der Waals surface area contributed by atoms with Gasteiger partial charge in [0, 0.05) is 0 Å². The molecular weight excluding hydrogens is 236 g/mol. The molecule has 2 rings (SSSR count). The van der Waals surface area contributed by atoms with Crippen molar-refractivity contribution in [3.8, 4) is 11.5 Å². The van der Waals surface area contributed by atoms with Crippen LogP contribution in [0.4, 0.5) is 0 Å². The quantitative estimate of drug-likeness (QED) is 0.668. The molecule has 0 aromatic heterocycles. The molecule has 2 N–H and O–H groups in total. The molecule has 102 valence electrons. The number of para-hydroxylation sites is 2. The van der Waals surface area contributed by atoms with E-state index in [0.29, 0.717) is 11.5 Å². The molecule has 0 spiro atoms. The minimum absolute atomic E-state index is 0.322. The van der Waals surface area contributed by atoms with Gasteiger partial charge in [-0.3, -0.25) is 0 Å². The van der Waals surface area contributed by atoms with Gasteiger partial charge in [0.15, 0.2) is 0 Å². The van der Waals surface area contributed by atoms with Gasteiger partial charge in [0.25, 0.3) is 0 Å². The second kappa shape index (κ2) is 15.5. The van der Waals surface area contributed by atoms with Crippen LogP contribution in [-0.4, -0.2) is 10.2 Å². The Kier molecular flexibility index (Phi) is 15.4. The van der Waals surface area contributed by atoms with Crippen LogP contribution in [0.2, 0.25) is 0 Å². The van der Waals surface area contributed by atoms with Crippen molar-refractivity contribution >= 4 is 0 Å². The molecule has 0 heterocycles. The normalized spacial score (nSPS) is 7.21. The predicted molar refractivity (Wildman–Crippen MR) is 83.3 cm³/mol. The zero-order valence-corrected chi connectivity index (χ0v) is 11.4. The van der Waals surface area contributed by atoms with Gasteiger partial charge in [-0.2, -0.15) is 0 Å². The zero-order valence-electron chi connectivity index (χ0n) is 11.4. The van der Waals surface area contributed by atoms with Gasteiger partial charge in [-0.1, -0.05) is 42.5 Å². The maximum atomic E-state index is 8.63. The number of hydrogen-bond donors (Lipinski definition) is 2. The van der Waals surface area contributed by atoms with Crippen molar-refractivity contribution in [2.75, 3.05) is 0 Å². The van der Waals surface area contributed by atoms with Crippen LogP contribution in [0.3, 0.4) is 0 Å². The van der Waals surface area contributed by atoms with Gasteiger partial charge >= 0.3 is 0 Å². The van der Waals surface area contributed by atoms with Crippen molar-refractivity contribution in [2.24, 2.45) is 0 Å². The zero-order chi connectivity index (χ0) is 14.9. The fourth-order valence-corrected chi connectivity index (χ4v) is 0.856. The maximum Gasteiger partial charge on any atom is 0.115 e. The van der Waals surface area contributed by atoms with Gasteiger partial charge in [-0.15, -0.1) is 19.7 Å². The summed E-state index contributed by atoms with van der Waals surface area (Å²) in [7, 11) is 0. The summed E-state index contributed by atoms with van der Waals surface area (Å²) in [5.41, 5.74) is 0. The number of phenols is 2. The molecule has 2 aromatic rings. The number of phenolic OH excluding ortho intramolecular Hbond substituents is 2. The third kappa shape index (κ3) is 15.5. The molecule has 2 nitrogen and oxygen atoms in total. The lowest BCUT2D eigenvalue weighted by Crippen LogP contribution is -1.56. The first kappa shape index (κ1) is 18.9. The summed E-state index contributed by atoms with van der Waals surface area (Å²) in [5.74, 6) is 0.644. The van der Waals surface area contributed by atoms with Crippen LogP contribution < -0.4 is 0 Å². The van der Waals surface area contributed by atoms with Crippen molar-refractivity contribution in [1.82, 2.24) is 0 Å². The number of allylic oxidation sites excluding steroid dienone is 1. The number of aromatic hydroxyl groups is 2. The smallest absolute Gasteiger partial charge is 0.115 e. The second-order valence-corrected chi connectivity index (χ2v) is 3.08. The first-order valence-corrected chi connectivity index (χ1v) is 5.75. The van der Waals surface area contributed by atoms with Gasteiger partial charge in [-0.05, 0) is 31.2 Å². The summed E-state index contributed by atoms with van der Waals surface area (Å²) in [4.78, 5) is 0. The highest BCUT2D eigenvalue weighted by atomic mass is 16.3. The Morgan fingerprint density at radius 2 is 0.947 bits per heavy atom. The van der Waals surface area contributed by atoms with E-state index < -0.39 is 0 Å². The average Bonchev–Trinajstić information content (AvgIpc) is 2.44. The van der Waals surface area contributed by atoms with Crippen molar-refractivity contribution in [3.05, 3.63) is 86.5 Å². The molecule has 0 fully saturated rings. The Bertz CT molecular complexity index is 359. The summed E-state index contributed by atoms with van der Waals surface area (Å²) in [6, 6.07) is 17.4. The SMILES string of the molecule is C=C.C=CC.Oc1ccccc1.Oc1ccccc1. The van der Waals surface area contributed by atoms with Gasteiger partial charge in [0.05, 0.1) is 0 Å². The Morgan fingerprint density at radius 1 is 0.737 bits per heavy atom. The monoisotopic (exact) mass is 258 g/mol. The Labute approximate surface area is 116 Å². The van der Waals surface area contributed by atoms with Crippen LogP contribution in [0.15, 0.2) is 86.5 Å². The van der Waals surface area contributed by atoms with Crippen molar-refractivity contribution in [3.63, 3.8) is 0 Å². The van der Waals surface area contributed by atoms with Crippen LogP contribution in [-0.2, 0) is 0 Å². The third-order valence-corrected chi connectivity index (χ3v) is 1.51. The highest BCUT2D eigenvalue weighted by Crippen LogP contribution is 2.03. The maximum absolute atomic E-state index is 8.63. The average molecular weight is 258 g/mol. The minimum atomic E-state index is 0.322. The summed E-state index contributed by atoms with van der Waals surface area (Å²) in [6.07, 6.45) is 1.75. The van der Waals surface area contributed by atoms with Crippen LogP contribution in [0, 0.1) is 0 Å². The third-order valence-electron chi connectivity index (χ3n) is 1.51. The molecule has 0 saturated carbocycles. The van der Waals surface area contributed by atoms with E-state index in [1.165, 1.54) is 0 Å². The first-order chi connectivity index (χ1) is 9.20. The molecule has 0 unspecified atom stereocenters. The molecule has 19 heavy (non-hydrogen) atoms. The Balaban J connectivity index is 0. The molecule has 0 amide bonds. The number of benzene rings is 2. The molecule has 2 aromatic carbocycles. The van der Waals surface area contributed by atoms with Crippen LogP contribution in [0.1, 0.15) is 6.92 Å². The van der Waals surface area contributed by atoms with Crippen LogP contribution >= 0.6 is 0 Å². The second-order valence-electron chi connectivity index (χ2n) is 3.08. The molecule has 0 atom stereocenters. The molecule has 0 bridgehead atoms. The Morgan fingerprint density at radius 3 is 1.05 bits per heavy atom. The molecule has 0 aliphatic heterocycles. The summed E-state index contributed by atoms with van der Waals surface area (Å²) in [6.45, 7) is 11.2. The van der Waals surface area contributed by atoms with Crippen molar-refractivity contribution in [2.45, 2.75) is 6.92 Å². The molecule has 0 saturated heterocycles. The van der Waals surface area contributed by atoms with Gasteiger partial charge in [-0.25, -0.2) is 0 Å². The predicted octanol–water partition coefficient (Wildman–Crippen LogP) is 4.78. The van der Waals surface area contributed by atoms with E-state index in [2.05, 4.69) is 19.7 Å². The van der Waals surface area contributed by atoms with Gasteiger partial charge in [0.2, 0.25) is 0 Å². The summed E-state index contributed by atoms with van der Waals surface area (Å²) < 4.78 is 0. The molecular formula is C17H22O2. The van der Waals surface area contributed by atoms with E-state index in [0.717, 1.165) is 0 Å². The molecule has 0 aliphatic carbocycles. The van der Waals surface area contributed by atoms with E-state index in [9.17, 15) is 0 Å². The van der Waals surface area contributed by atoms with Gasteiger partial charge < -0.3 is 10.2 Å². The highest BCUT2D eigenvalue weighted by Gasteiger charge is 1.75. The number of hydrogen-bond acceptors (Lipinski definition) is 2. The lowest BCUT2D eigenvalue weighted by molar-refractivity contribution is 0.475. The van der Waals surface area contributed by atoms with Crippen molar-refractivity contribution in [1.29, 1.82) is 0 Å². The van der Waals surface area contributed by atoms with Gasteiger partial charge in [0.1, 0.15) is 11.5 Å². The van der Waals surface area contributed by atoms with E-state index >= 15 is 0 Å². The summed E-state index contributed by atoms with van der Waals surface area (Å²) >= 11 is 0. The largest absolute Gasteiger partial charge is 0.508 e. The Hall–Kier alpha value is -2.48. The van der Waals surface area contributed by atoms with Crippen molar-refractivity contribution < 1.29 is 10.2 Å². The molecule has 0 aliphatic rings. The highest BCUT2D eigenvalue weighted by molar-refractivity contribution is 5.19. The lowest BCUT2D eigenvalue weighted by atomic mass is 10.3. The fraction of sp³-hybridized carbons (Fsp3) is 0.0588. The van der Waals surface area contributed by atoms with E-state index in [4.69, 9.17) is 10.2 Å². The molecule has 0 radical (unpaired) electrons. The topological polar surface area (TPSA) is 40.5 Å². The standard InChI is InChI=1S/2C6H6O.C3H6.C2H4/c2*7-6-4-2-1-3-5-6;1-3-2;1-2/h2*1-5,7H;3H,1H2,2H3;1-2H2. The van der Waals surface area contributed by atoms with E-state index in [-0.39, 0.29) is 0 Å². The van der Waals surface area contributed by atoms with Crippen LogP contribution in [0.25, 0.3) is 0 Å². The van der Waals surface area contributed by atoms with Crippen LogP contribution in [0.5, 0.6) is 11.5 Å². The number of rotatable bonds is 0. The summed E-state index contributed by atoms with van der Waals surface area (Å²) in [5, 5.41) is 17.3.